The number of hydrogen-bond acceptors (Lipinski definition) is 3. The van der Waals surface area contributed by atoms with Crippen molar-refractivity contribution in [3.8, 4) is 6.07 Å². The highest BCUT2D eigenvalue weighted by Gasteiger charge is 2.20. The minimum atomic E-state index is -0.922. The summed E-state index contributed by atoms with van der Waals surface area (Å²) >= 11 is 0. The minimum Gasteiger partial charge on any atom is -0.481 e. The molecule has 0 aliphatic rings. The van der Waals surface area contributed by atoms with Crippen LogP contribution in [0.3, 0.4) is 0 Å². The van der Waals surface area contributed by atoms with E-state index in [1.807, 2.05) is 6.92 Å². The molecule has 0 spiro atoms. The highest BCUT2D eigenvalue weighted by Crippen LogP contribution is 2.04. The first kappa shape index (κ1) is 16.2. The van der Waals surface area contributed by atoms with Crippen LogP contribution in [0, 0.1) is 17.2 Å². The van der Waals surface area contributed by atoms with Gasteiger partial charge in [0.1, 0.15) is 0 Å². The zero-order valence-electron chi connectivity index (χ0n) is 11.2. The Kier molecular flexibility index (Phi) is 7.52. The van der Waals surface area contributed by atoms with Crippen LogP contribution >= 0.6 is 0 Å². The number of nitrogens with zero attached hydrogens (tertiary/aromatic N) is 3. The summed E-state index contributed by atoms with van der Waals surface area (Å²) in [5.74, 6) is -1.15. The van der Waals surface area contributed by atoms with E-state index >= 15 is 0 Å². The summed E-state index contributed by atoms with van der Waals surface area (Å²) in [5.41, 5.74) is 0. The van der Waals surface area contributed by atoms with E-state index in [0.717, 1.165) is 0 Å². The Morgan fingerprint density at radius 1 is 1.28 bits per heavy atom. The maximum atomic E-state index is 12.1. The van der Waals surface area contributed by atoms with Crippen molar-refractivity contribution in [1.29, 1.82) is 5.26 Å². The third kappa shape index (κ3) is 5.53. The summed E-state index contributed by atoms with van der Waals surface area (Å²) in [4.78, 5) is 25.7. The van der Waals surface area contributed by atoms with Gasteiger partial charge in [0.25, 0.3) is 0 Å². The Morgan fingerprint density at radius 3 is 2.22 bits per heavy atom. The molecule has 1 N–H and O–H groups in total. The van der Waals surface area contributed by atoms with Crippen molar-refractivity contribution in [2.45, 2.75) is 27.2 Å². The molecule has 1 unspecified atom stereocenters. The molecule has 0 saturated heterocycles. The number of hydrogen-bond donors (Lipinski definition) is 1. The second kappa shape index (κ2) is 8.34. The molecule has 0 fully saturated rings. The Morgan fingerprint density at radius 2 is 1.83 bits per heavy atom. The lowest BCUT2D eigenvalue weighted by Gasteiger charge is -2.29. The molecule has 0 heterocycles. The van der Waals surface area contributed by atoms with Gasteiger partial charge < -0.3 is 14.9 Å². The van der Waals surface area contributed by atoms with Crippen molar-refractivity contribution in [3.05, 3.63) is 0 Å². The molecule has 2 amide bonds. The molecular formula is C12H21N3O3. The van der Waals surface area contributed by atoms with E-state index in [1.165, 1.54) is 4.90 Å². The van der Waals surface area contributed by atoms with Gasteiger partial charge in [-0.1, -0.05) is 0 Å². The summed E-state index contributed by atoms with van der Waals surface area (Å²) in [6.07, 6.45) is -0.0645. The Labute approximate surface area is 108 Å². The van der Waals surface area contributed by atoms with Crippen molar-refractivity contribution in [1.82, 2.24) is 9.80 Å². The summed E-state index contributed by atoms with van der Waals surface area (Å²) < 4.78 is 0. The van der Waals surface area contributed by atoms with Gasteiger partial charge in [-0.3, -0.25) is 4.79 Å². The molecule has 0 bridgehead atoms. The summed E-state index contributed by atoms with van der Waals surface area (Å²) in [6.45, 7) is 6.94. The van der Waals surface area contributed by atoms with Crippen molar-refractivity contribution in [2.24, 2.45) is 5.92 Å². The fourth-order valence-corrected chi connectivity index (χ4v) is 1.53. The number of carbonyl (C=O) groups excluding carboxylic acids is 1. The van der Waals surface area contributed by atoms with Crippen molar-refractivity contribution < 1.29 is 14.7 Å². The molecule has 6 heteroatoms. The fraction of sp³-hybridized carbons (Fsp3) is 0.750. The van der Waals surface area contributed by atoms with Gasteiger partial charge in [0, 0.05) is 26.2 Å². The van der Waals surface area contributed by atoms with Gasteiger partial charge in [-0.25, -0.2) is 4.79 Å². The van der Waals surface area contributed by atoms with Crippen molar-refractivity contribution in [3.63, 3.8) is 0 Å². The van der Waals surface area contributed by atoms with E-state index < -0.39 is 5.97 Å². The highest BCUT2D eigenvalue weighted by molar-refractivity contribution is 5.75. The fourth-order valence-electron chi connectivity index (χ4n) is 1.53. The Hall–Kier alpha value is -1.77. The normalized spacial score (nSPS) is 11.4. The molecule has 18 heavy (non-hydrogen) atoms. The van der Waals surface area contributed by atoms with Crippen LogP contribution in [-0.4, -0.2) is 53.1 Å². The van der Waals surface area contributed by atoms with Crippen LogP contribution in [0.15, 0.2) is 0 Å². The molecular weight excluding hydrogens is 234 g/mol. The van der Waals surface area contributed by atoms with E-state index in [9.17, 15) is 9.59 Å². The standard InChI is InChI=1S/C12H21N3O3/c1-4-14(7-6-11(16)17)12(18)15(5-2)9-10(3)8-13/h10H,4-7,9H2,1-3H3,(H,16,17). The molecule has 0 aliphatic heterocycles. The van der Waals surface area contributed by atoms with Crippen LogP contribution in [-0.2, 0) is 4.79 Å². The van der Waals surface area contributed by atoms with Gasteiger partial charge in [-0.2, -0.15) is 5.26 Å². The number of rotatable bonds is 7. The average Bonchev–Trinajstić information content (AvgIpc) is 2.35. The third-order valence-corrected chi connectivity index (χ3v) is 2.61. The van der Waals surface area contributed by atoms with Crippen LogP contribution in [0.4, 0.5) is 4.79 Å². The minimum absolute atomic E-state index is 0.0645. The first-order valence-electron chi connectivity index (χ1n) is 6.11. The van der Waals surface area contributed by atoms with Gasteiger partial charge in [0.15, 0.2) is 0 Å². The number of urea groups is 1. The second-order valence-corrected chi connectivity index (χ2v) is 4.07. The summed E-state index contributed by atoms with van der Waals surface area (Å²) in [7, 11) is 0. The molecule has 102 valence electrons. The Bertz CT molecular complexity index is 325. The average molecular weight is 255 g/mol. The van der Waals surface area contributed by atoms with Gasteiger partial charge in [-0.05, 0) is 20.8 Å². The molecule has 0 aromatic heterocycles. The number of nitriles is 1. The highest BCUT2D eigenvalue weighted by atomic mass is 16.4. The van der Waals surface area contributed by atoms with E-state index in [-0.39, 0.29) is 24.9 Å². The number of carboxylic acids is 1. The largest absolute Gasteiger partial charge is 0.481 e. The van der Waals surface area contributed by atoms with Crippen LogP contribution in [0.25, 0.3) is 0 Å². The van der Waals surface area contributed by atoms with E-state index in [2.05, 4.69) is 6.07 Å². The van der Waals surface area contributed by atoms with Crippen LogP contribution in [0.5, 0.6) is 0 Å². The van der Waals surface area contributed by atoms with Crippen LogP contribution in [0.1, 0.15) is 27.2 Å². The summed E-state index contributed by atoms with van der Waals surface area (Å²) in [5, 5.41) is 17.4. The first-order chi connectivity index (χ1) is 8.46. The lowest BCUT2D eigenvalue weighted by Crippen LogP contribution is -2.45. The van der Waals surface area contributed by atoms with Gasteiger partial charge >= 0.3 is 12.0 Å². The lowest BCUT2D eigenvalue weighted by molar-refractivity contribution is -0.137. The second-order valence-electron chi connectivity index (χ2n) is 4.07. The predicted octanol–water partition coefficient (Wildman–Crippen LogP) is 1.38. The van der Waals surface area contributed by atoms with Gasteiger partial charge in [-0.15, -0.1) is 0 Å². The molecule has 0 aromatic carbocycles. The van der Waals surface area contributed by atoms with Gasteiger partial charge in [0.2, 0.25) is 0 Å². The molecule has 1 atom stereocenters. The molecule has 0 aromatic rings. The number of carboxylic acid groups (broad SMARTS) is 1. The maximum absolute atomic E-state index is 12.1. The molecule has 0 rings (SSSR count). The number of aliphatic carboxylic acids is 1. The quantitative estimate of drug-likeness (QED) is 0.744. The van der Waals surface area contributed by atoms with E-state index in [1.54, 1.807) is 18.7 Å². The monoisotopic (exact) mass is 255 g/mol. The smallest absolute Gasteiger partial charge is 0.320 e. The van der Waals surface area contributed by atoms with Crippen LogP contribution < -0.4 is 0 Å². The Balaban J connectivity index is 4.53. The maximum Gasteiger partial charge on any atom is 0.320 e. The topological polar surface area (TPSA) is 84.6 Å². The first-order valence-corrected chi connectivity index (χ1v) is 6.11. The van der Waals surface area contributed by atoms with Gasteiger partial charge in [0.05, 0.1) is 18.4 Å². The molecule has 6 nitrogen and oxygen atoms in total. The zero-order chi connectivity index (χ0) is 14.1. The number of carbonyl (C=O) groups is 2. The molecule has 0 radical (unpaired) electrons. The van der Waals surface area contributed by atoms with Crippen molar-refractivity contribution >= 4 is 12.0 Å². The number of amides is 2. The third-order valence-electron chi connectivity index (χ3n) is 2.61. The van der Waals surface area contributed by atoms with E-state index in [0.29, 0.717) is 19.6 Å². The summed E-state index contributed by atoms with van der Waals surface area (Å²) in [6, 6.07) is 1.88. The lowest BCUT2D eigenvalue weighted by atomic mass is 10.2. The van der Waals surface area contributed by atoms with Crippen LogP contribution in [0.2, 0.25) is 0 Å². The van der Waals surface area contributed by atoms with Crippen molar-refractivity contribution in [2.75, 3.05) is 26.2 Å². The SMILES string of the molecule is CCN(CCC(=O)O)C(=O)N(CC)CC(C)C#N. The predicted molar refractivity (Wildman–Crippen MR) is 66.9 cm³/mol. The molecule has 0 aliphatic carbocycles. The van der Waals surface area contributed by atoms with E-state index in [4.69, 9.17) is 10.4 Å². The zero-order valence-corrected chi connectivity index (χ0v) is 11.2. The molecule has 0 saturated carbocycles.